The van der Waals surface area contributed by atoms with E-state index in [0.717, 1.165) is 6.54 Å². The number of hydrogen-bond donors (Lipinski definition) is 2. The Labute approximate surface area is 76.7 Å². The van der Waals surface area contributed by atoms with Crippen LogP contribution in [0.3, 0.4) is 0 Å². The van der Waals surface area contributed by atoms with Crippen molar-refractivity contribution in [3.63, 3.8) is 0 Å². The van der Waals surface area contributed by atoms with E-state index < -0.39 is 0 Å². The maximum Gasteiger partial charge on any atom is 0.242 e. The van der Waals surface area contributed by atoms with Crippen molar-refractivity contribution in [1.29, 1.82) is 0 Å². The number of carbonyl (C=O) groups is 1. The average Bonchev–Trinajstić information content (AvgIpc) is 2.13. The molecule has 0 bridgehead atoms. The summed E-state index contributed by atoms with van der Waals surface area (Å²) in [5.74, 6) is 0.0463. The molecule has 0 aromatic rings. The van der Waals surface area contributed by atoms with Gasteiger partial charge in [0.15, 0.2) is 0 Å². The molecule has 2 heterocycles. The van der Waals surface area contributed by atoms with E-state index in [-0.39, 0.29) is 18.1 Å². The summed E-state index contributed by atoms with van der Waals surface area (Å²) in [7, 11) is 0. The maximum atomic E-state index is 11.6. The second kappa shape index (κ2) is 3.61. The summed E-state index contributed by atoms with van der Waals surface area (Å²) < 4.78 is 5.18. The number of ether oxygens (including phenoxy) is 1. The largest absolute Gasteiger partial charge is 0.389 e. The van der Waals surface area contributed by atoms with Gasteiger partial charge in [-0.05, 0) is 0 Å². The fourth-order valence-electron chi connectivity index (χ4n) is 1.58. The van der Waals surface area contributed by atoms with E-state index in [1.54, 1.807) is 4.90 Å². The number of likely N-dealkylation sites (tertiary alicyclic amines) is 1. The van der Waals surface area contributed by atoms with Gasteiger partial charge in [0.05, 0.1) is 19.3 Å². The Bertz CT molecular complexity index is 198. The first-order chi connectivity index (χ1) is 6.27. The van der Waals surface area contributed by atoms with Crippen LogP contribution in [0.25, 0.3) is 0 Å². The minimum Gasteiger partial charge on any atom is -0.389 e. The number of rotatable bonds is 1. The van der Waals surface area contributed by atoms with Gasteiger partial charge in [0.25, 0.3) is 0 Å². The molecule has 0 aromatic heterocycles. The van der Waals surface area contributed by atoms with Gasteiger partial charge in [0.2, 0.25) is 5.91 Å². The first-order valence-electron chi connectivity index (χ1n) is 4.55. The van der Waals surface area contributed by atoms with E-state index in [1.165, 1.54) is 0 Å². The highest BCUT2D eigenvalue weighted by atomic mass is 16.5. The number of aliphatic hydroxyl groups excluding tert-OH is 1. The second-order valence-electron chi connectivity index (χ2n) is 3.48. The van der Waals surface area contributed by atoms with E-state index in [0.29, 0.717) is 26.3 Å². The van der Waals surface area contributed by atoms with Crippen LogP contribution < -0.4 is 5.32 Å². The molecule has 0 saturated carbocycles. The van der Waals surface area contributed by atoms with E-state index in [4.69, 9.17) is 9.84 Å². The zero-order valence-electron chi connectivity index (χ0n) is 7.40. The molecule has 2 aliphatic rings. The fraction of sp³-hybridized carbons (Fsp3) is 0.875. The molecule has 5 nitrogen and oxygen atoms in total. The molecule has 1 unspecified atom stereocenters. The highest BCUT2D eigenvalue weighted by Gasteiger charge is 2.33. The summed E-state index contributed by atoms with van der Waals surface area (Å²) in [4.78, 5) is 13.2. The van der Waals surface area contributed by atoms with Crippen LogP contribution in [0.5, 0.6) is 0 Å². The Hall–Kier alpha value is -0.650. The minimum absolute atomic E-state index is 0.0463. The summed E-state index contributed by atoms with van der Waals surface area (Å²) in [5.41, 5.74) is 0. The molecule has 2 N–H and O–H groups in total. The fourth-order valence-corrected chi connectivity index (χ4v) is 1.58. The van der Waals surface area contributed by atoms with Crippen LogP contribution in [-0.2, 0) is 9.53 Å². The molecule has 13 heavy (non-hydrogen) atoms. The summed E-state index contributed by atoms with van der Waals surface area (Å²) in [6, 6.07) is -0.207. The Morgan fingerprint density at radius 3 is 2.85 bits per heavy atom. The number of carbonyl (C=O) groups excluding carboxylic acids is 1. The van der Waals surface area contributed by atoms with E-state index in [9.17, 15) is 4.79 Å². The molecular weight excluding hydrogens is 172 g/mol. The van der Waals surface area contributed by atoms with Gasteiger partial charge in [-0.15, -0.1) is 0 Å². The molecule has 74 valence electrons. The van der Waals surface area contributed by atoms with Crippen molar-refractivity contribution in [3.05, 3.63) is 0 Å². The first kappa shape index (κ1) is 8.93. The van der Waals surface area contributed by atoms with Gasteiger partial charge in [-0.2, -0.15) is 0 Å². The zero-order chi connectivity index (χ0) is 9.26. The lowest BCUT2D eigenvalue weighted by molar-refractivity contribution is -0.146. The van der Waals surface area contributed by atoms with Crippen molar-refractivity contribution in [3.8, 4) is 0 Å². The van der Waals surface area contributed by atoms with Crippen molar-refractivity contribution >= 4 is 5.91 Å². The SMILES string of the molecule is O=C(C1COCCN1)N1CC(O)C1. The van der Waals surface area contributed by atoms with Crippen molar-refractivity contribution < 1.29 is 14.6 Å². The van der Waals surface area contributed by atoms with Gasteiger partial charge in [-0.3, -0.25) is 4.79 Å². The highest BCUT2D eigenvalue weighted by molar-refractivity contribution is 5.83. The molecule has 2 saturated heterocycles. The summed E-state index contributed by atoms with van der Waals surface area (Å²) >= 11 is 0. The number of nitrogens with one attached hydrogen (secondary N) is 1. The molecule has 1 atom stereocenters. The quantitative estimate of drug-likeness (QED) is 0.506. The lowest BCUT2D eigenvalue weighted by Crippen LogP contribution is -2.60. The van der Waals surface area contributed by atoms with Crippen molar-refractivity contribution in [2.24, 2.45) is 0 Å². The zero-order valence-corrected chi connectivity index (χ0v) is 7.40. The van der Waals surface area contributed by atoms with Crippen LogP contribution in [0.2, 0.25) is 0 Å². The lowest BCUT2D eigenvalue weighted by Gasteiger charge is -2.38. The Kier molecular flexibility index (Phi) is 2.48. The lowest BCUT2D eigenvalue weighted by atomic mass is 10.1. The number of morpholine rings is 1. The van der Waals surface area contributed by atoms with E-state index >= 15 is 0 Å². The third kappa shape index (κ3) is 1.82. The molecule has 2 rings (SSSR count). The smallest absolute Gasteiger partial charge is 0.242 e. The van der Waals surface area contributed by atoms with Gasteiger partial charge < -0.3 is 20.1 Å². The summed E-state index contributed by atoms with van der Waals surface area (Å²) in [5, 5.41) is 12.1. The summed E-state index contributed by atoms with van der Waals surface area (Å²) in [6.45, 7) is 2.79. The van der Waals surface area contributed by atoms with Crippen LogP contribution in [0.15, 0.2) is 0 Å². The van der Waals surface area contributed by atoms with Crippen molar-refractivity contribution in [2.45, 2.75) is 12.1 Å². The second-order valence-corrected chi connectivity index (χ2v) is 3.48. The predicted octanol–water partition coefficient (Wildman–Crippen LogP) is -1.82. The Balaban J connectivity index is 1.82. The van der Waals surface area contributed by atoms with Gasteiger partial charge in [-0.1, -0.05) is 0 Å². The Morgan fingerprint density at radius 2 is 2.31 bits per heavy atom. The van der Waals surface area contributed by atoms with Gasteiger partial charge in [0.1, 0.15) is 6.04 Å². The number of amides is 1. The molecular formula is C8H14N2O3. The predicted molar refractivity (Wildman–Crippen MR) is 45.2 cm³/mol. The van der Waals surface area contributed by atoms with Crippen LogP contribution in [0, 0.1) is 0 Å². The molecule has 2 aliphatic heterocycles. The molecule has 1 amide bonds. The normalized spacial score (nSPS) is 29.9. The van der Waals surface area contributed by atoms with Crippen LogP contribution in [0.4, 0.5) is 0 Å². The third-order valence-electron chi connectivity index (χ3n) is 2.39. The average molecular weight is 186 g/mol. The Morgan fingerprint density at radius 1 is 1.54 bits per heavy atom. The number of nitrogens with zero attached hydrogens (tertiary/aromatic N) is 1. The molecule has 0 spiro atoms. The molecule has 2 fully saturated rings. The molecule has 5 heteroatoms. The van der Waals surface area contributed by atoms with Crippen LogP contribution in [-0.4, -0.2) is 60.9 Å². The standard InChI is InChI=1S/C8H14N2O3/c11-6-3-10(4-6)8(12)7-5-13-2-1-9-7/h6-7,9,11H,1-5H2. The molecule has 0 aliphatic carbocycles. The monoisotopic (exact) mass is 186 g/mol. The van der Waals surface area contributed by atoms with Crippen LogP contribution >= 0.6 is 0 Å². The summed E-state index contributed by atoms with van der Waals surface area (Å²) in [6.07, 6.45) is -0.326. The number of aliphatic hydroxyl groups is 1. The first-order valence-corrected chi connectivity index (χ1v) is 4.55. The third-order valence-corrected chi connectivity index (χ3v) is 2.39. The van der Waals surface area contributed by atoms with Crippen molar-refractivity contribution in [1.82, 2.24) is 10.2 Å². The van der Waals surface area contributed by atoms with Crippen molar-refractivity contribution in [2.75, 3.05) is 32.8 Å². The maximum absolute atomic E-state index is 11.6. The number of β-amino-alcohol motifs (C(OH)–C–C–N with tert-alkyl or cyclic N) is 1. The van der Waals surface area contributed by atoms with Crippen LogP contribution in [0.1, 0.15) is 0 Å². The van der Waals surface area contributed by atoms with E-state index in [1.807, 2.05) is 0 Å². The van der Waals surface area contributed by atoms with Gasteiger partial charge in [-0.25, -0.2) is 0 Å². The highest BCUT2D eigenvalue weighted by Crippen LogP contribution is 2.10. The number of hydrogen-bond acceptors (Lipinski definition) is 4. The van der Waals surface area contributed by atoms with Gasteiger partial charge in [0, 0.05) is 19.6 Å². The van der Waals surface area contributed by atoms with E-state index in [2.05, 4.69) is 5.32 Å². The minimum atomic E-state index is -0.326. The topological polar surface area (TPSA) is 61.8 Å². The van der Waals surface area contributed by atoms with Gasteiger partial charge >= 0.3 is 0 Å². The molecule has 0 aromatic carbocycles. The molecule has 0 radical (unpaired) electrons.